The molecule has 0 saturated heterocycles. The van der Waals surface area contributed by atoms with Crippen molar-refractivity contribution in [3.8, 4) is 0 Å². The van der Waals surface area contributed by atoms with Crippen LogP contribution < -0.4 is 0 Å². The molecule has 0 bridgehead atoms. The third kappa shape index (κ3) is 1.31. The molecule has 0 aliphatic rings. The first-order valence-corrected chi connectivity index (χ1v) is 5.02. The molecule has 2 heteroatoms. The lowest BCUT2D eigenvalue weighted by atomic mass is 9.98. The smallest absolute Gasteiger partial charge is 0.0955 e. The average molecular weight is 188 g/mol. The highest BCUT2D eigenvalue weighted by molar-refractivity contribution is 5.85. The first-order chi connectivity index (χ1) is 6.59. The Morgan fingerprint density at radius 2 is 2.00 bits per heavy atom. The van der Waals surface area contributed by atoms with Crippen LogP contribution in [0.3, 0.4) is 0 Å². The van der Waals surface area contributed by atoms with Crippen molar-refractivity contribution in [3.05, 3.63) is 29.5 Å². The highest BCUT2D eigenvalue weighted by Gasteiger charge is 2.09. The van der Waals surface area contributed by atoms with Crippen molar-refractivity contribution >= 4 is 10.9 Å². The number of aryl methyl sites for hydroxylation is 2. The summed E-state index contributed by atoms with van der Waals surface area (Å²) in [7, 11) is 1.98. The van der Waals surface area contributed by atoms with Gasteiger partial charge in [-0.15, -0.1) is 0 Å². The Morgan fingerprint density at radius 3 is 2.64 bits per heavy atom. The van der Waals surface area contributed by atoms with E-state index >= 15 is 0 Å². The van der Waals surface area contributed by atoms with Gasteiger partial charge < -0.3 is 0 Å². The molecular weight excluding hydrogens is 172 g/mol. The molecule has 0 aliphatic heterocycles. The van der Waals surface area contributed by atoms with Gasteiger partial charge >= 0.3 is 0 Å². The summed E-state index contributed by atoms with van der Waals surface area (Å²) in [5.41, 5.74) is 3.78. The van der Waals surface area contributed by atoms with Crippen LogP contribution in [0.4, 0.5) is 0 Å². The van der Waals surface area contributed by atoms with Crippen LogP contribution in [-0.2, 0) is 7.05 Å². The maximum atomic E-state index is 4.47. The van der Waals surface area contributed by atoms with E-state index in [1.807, 2.05) is 11.7 Å². The van der Waals surface area contributed by atoms with E-state index in [2.05, 4.69) is 44.2 Å². The maximum Gasteiger partial charge on any atom is 0.0955 e. The molecule has 0 N–H and O–H groups in total. The molecule has 0 spiro atoms. The van der Waals surface area contributed by atoms with E-state index in [1.54, 1.807) is 0 Å². The molecular formula is C12H16N2. The van der Waals surface area contributed by atoms with Crippen LogP contribution in [0.1, 0.15) is 30.9 Å². The normalized spacial score (nSPS) is 11.5. The number of nitrogens with zero attached hydrogens (tertiary/aromatic N) is 2. The van der Waals surface area contributed by atoms with Gasteiger partial charge in [0.05, 0.1) is 5.52 Å². The lowest BCUT2D eigenvalue weighted by Gasteiger charge is -2.07. The van der Waals surface area contributed by atoms with Crippen molar-refractivity contribution in [2.45, 2.75) is 26.7 Å². The van der Waals surface area contributed by atoms with Crippen molar-refractivity contribution in [3.63, 3.8) is 0 Å². The topological polar surface area (TPSA) is 17.8 Å². The summed E-state index contributed by atoms with van der Waals surface area (Å²) in [4.78, 5) is 0. The number of aromatic nitrogens is 2. The van der Waals surface area contributed by atoms with Crippen LogP contribution >= 0.6 is 0 Å². The van der Waals surface area contributed by atoms with E-state index in [9.17, 15) is 0 Å². The van der Waals surface area contributed by atoms with Crippen LogP contribution in [0.2, 0.25) is 0 Å². The minimum Gasteiger partial charge on any atom is -0.275 e. The Hall–Kier alpha value is -1.31. The average Bonchev–Trinajstić information content (AvgIpc) is 2.47. The van der Waals surface area contributed by atoms with E-state index in [4.69, 9.17) is 0 Å². The van der Waals surface area contributed by atoms with Crippen molar-refractivity contribution in [1.82, 2.24) is 9.78 Å². The van der Waals surface area contributed by atoms with Crippen molar-refractivity contribution in [2.24, 2.45) is 7.05 Å². The summed E-state index contributed by atoms with van der Waals surface area (Å²) in [5, 5.41) is 5.77. The monoisotopic (exact) mass is 188 g/mol. The molecule has 0 atom stereocenters. The Kier molecular flexibility index (Phi) is 2.06. The molecule has 2 nitrogen and oxygen atoms in total. The fourth-order valence-electron chi connectivity index (χ4n) is 1.88. The van der Waals surface area contributed by atoms with Crippen molar-refractivity contribution < 1.29 is 0 Å². The zero-order valence-corrected chi connectivity index (χ0v) is 9.20. The summed E-state index contributed by atoms with van der Waals surface area (Å²) < 4.78 is 1.89. The summed E-state index contributed by atoms with van der Waals surface area (Å²) in [6.07, 6.45) is 2.11. The van der Waals surface area contributed by atoms with Gasteiger partial charge in [-0.2, -0.15) is 5.10 Å². The molecule has 0 aliphatic carbocycles. The predicted octanol–water partition coefficient (Wildman–Crippen LogP) is 3.01. The van der Waals surface area contributed by atoms with Gasteiger partial charge in [-0.05, 0) is 24.0 Å². The lowest BCUT2D eigenvalue weighted by Crippen LogP contribution is -1.89. The first kappa shape index (κ1) is 9.25. The van der Waals surface area contributed by atoms with Gasteiger partial charge in [-0.1, -0.05) is 26.0 Å². The van der Waals surface area contributed by atoms with E-state index in [0.717, 1.165) is 5.52 Å². The van der Waals surface area contributed by atoms with Gasteiger partial charge in [0.2, 0.25) is 0 Å². The molecule has 0 fully saturated rings. The van der Waals surface area contributed by atoms with Crippen LogP contribution in [0, 0.1) is 6.92 Å². The van der Waals surface area contributed by atoms with Gasteiger partial charge in [-0.3, -0.25) is 4.68 Å². The van der Waals surface area contributed by atoms with Crippen LogP contribution in [0.5, 0.6) is 0 Å². The van der Waals surface area contributed by atoms with Gasteiger partial charge in [0.15, 0.2) is 0 Å². The molecule has 0 radical (unpaired) electrons. The highest BCUT2D eigenvalue weighted by Crippen LogP contribution is 2.26. The summed E-state index contributed by atoms with van der Waals surface area (Å²) in [5.74, 6) is 0.558. The lowest BCUT2D eigenvalue weighted by molar-refractivity contribution is 0.778. The predicted molar refractivity (Wildman–Crippen MR) is 59.5 cm³/mol. The Morgan fingerprint density at radius 1 is 1.29 bits per heavy atom. The maximum absolute atomic E-state index is 4.47. The standard InChI is InChI=1S/C12H16N2/c1-8(2)10-6-5-9(3)12-11(10)7-14(4)13-12/h5-8H,1-4H3. The number of hydrogen-bond donors (Lipinski definition) is 0. The quantitative estimate of drug-likeness (QED) is 0.672. The number of fused-ring (bicyclic) bond motifs is 1. The summed E-state index contributed by atoms with van der Waals surface area (Å²) >= 11 is 0. The molecule has 74 valence electrons. The van der Waals surface area contributed by atoms with Crippen molar-refractivity contribution in [1.29, 1.82) is 0 Å². The van der Waals surface area contributed by atoms with Crippen LogP contribution in [-0.4, -0.2) is 9.78 Å². The van der Waals surface area contributed by atoms with E-state index in [0.29, 0.717) is 5.92 Å². The molecule has 1 aromatic heterocycles. The van der Waals surface area contributed by atoms with Crippen molar-refractivity contribution in [2.75, 3.05) is 0 Å². The van der Waals surface area contributed by atoms with Crippen LogP contribution in [0.25, 0.3) is 10.9 Å². The molecule has 14 heavy (non-hydrogen) atoms. The first-order valence-electron chi connectivity index (χ1n) is 5.02. The Labute approximate surface area is 84.5 Å². The molecule has 2 rings (SSSR count). The summed E-state index contributed by atoms with van der Waals surface area (Å²) in [6.45, 7) is 6.55. The zero-order chi connectivity index (χ0) is 10.3. The minimum absolute atomic E-state index is 0.558. The van der Waals surface area contributed by atoms with Gasteiger partial charge in [-0.25, -0.2) is 0 Å². The summed E-state index contributed by atoms with van der Waals surface area (Å²) in [6, 6.07) is 4.37. The molecule has 0 saturated carbocycles. The van der Waals surface area contributed by atoms with E-state index in [1.165, 1.54) is 16.5 Å². The second kappa shape index (κ2) is 3.12. The molecule has 0 unspecified atom stereocenters. The third-order valence-electron chi connectivity index (χ3n) is 2.65. The fraction of sp³-hybridized carbons (Fsp3) is 0.417. The minimum atomic E-state index is 0.558. The molecule has 1 heterocycles. The Bertz CT molecular complexity index is 466. The van der Waals surface area contributed by atoms with E-state index in [-0.39, 0.29) is 0 Å². The fourth-order valence-corrected chi connectivity index (χ4v) is 1.88. The third-order valence-corrected chi connectivity index (χ3v) is 2.65. The largest absolute Gasteiger partial charge is 0.275 e. The number of benzene rings is 1. The van der Waals surface area contributed by atoms with E-state index < -0.39 is 0 Å². The van der Waals surface area contributed by atoms with Gasteiger partial charge in [0, 0.05) is 18.6 Å². The Balaban J connectivity index is 2.81. The second-order valence-corrected chi connectivity index (χ2v) is 4.19. The molecule has 1 aromatic carbocycles. The molecule has 2 aromatic rings. The molecule has 0 amide bonds. The van der Waals surface area contributed by atoms with Gasteiger partial charge in [0.25, 0.3) is 0 Å². The number of hydrogen-bond acceptors (Lipinski definition) is 1. The van der Waals surface area contributed by atoms with Gasteiger partial charge in [0.1, 0.15) is 0 Å². The zero-order valence-electron chi connectivity index (χ0n) is 9.20. The highest BCUT2D eigenvalue weighted by atomic mass is 15.2. The number of rotatable bonds is 1. The SMILES string of the molecule is Cc1ccc(C(C)C)c2cn(C)nc12. The van der Waals surface area contributed by atoms with Crippen LogP contribution in [0.15, 0.2) is 18.3 Å². The second-order valence-electron chi connectivity index (χ2n) is 4.19.